The van der Waals surface area contributed by atoms with Crippen LogP contribution in [0.1, 0.15) is 33.6 Å². The minimum absolute atomic E-state index is 0.0373. The summed E-state index contributed by atoms with van der Waals surface area (Å²) in [6, 6.07) is 0. The summed E-state index contributed by atoms with van der Waals surface area (Å²) in [5.74, 6) is -0.617. The fourth-order valence-electron chi connectivity index (χ4n) is 4.38. The van der Waals surface area contributed by atoms with Gasteiger partial charge in [-0.05, 0) is 20.3 Å². The number of esters is 1. The SMILES string of the molecule is CC1=CC[C@@H]2[C@H]1[C@H]1OC(=O)[C@@H](C)[C@H]1[C@@H](O)C[C@@]2(C)O. The van der Waals surface area contributed by atoms with Gasteiger partial charge in [0.05, 0.1) is 17.6 Å². The molecule has 1 saturated carbocycles. The van der Waals surface area contributed by atoms with Crippen molar-refractivity contribution in [2.24, 2.45) is 23.7 Å². The Labute approximate surface area is 113 Å². The molecule has 4 nitrogen and oxygen atoms in total. The minimum atomic E-state index is -0.908. The molecule has 3 aliphatic rings. The Morgan fingerprint density at radius 1 is 1.47 bits per heavy atom. The molecule has 1 aliphatic heterocycles. The molecule has 0 aromatic carbocycles. The predicted octanol–water partition coefficient (Wildman–Crippen LogP) is 1.26. The van der Waals surface area contributed by atoms with Crippen molar-refractivity contribution < 1.29 is 19.7 Å². The van der Waals surface area contributed by atoms with Gasteiger partial charge in [-0.25, -0.2) is 0 Å². The lowest BCUT2D eigenvalue weighted by atomic mass is 9.76. The van der Waals surface area contributed by atoms with E-state index >= 15 is 0 Å². The highest BCUT2D eigenvalue weighted by molar-refractivity contribution is 5.75. The predicted molar refractivity (Wildman–Crippen MR) is 69.1 cm³/mol. The fraction of sp³-hybridized carbons (Fsp3) is 0.800. The van der Waals surface area contributed by atoms with Crippen molar-refractivity contribution >= 4 is 5.97 Å². The number of carbonyl (C=O) groups excluding carboxylic acids is 1. The highest BCUT2D eigenvalue weighted by atomic mass is 16.6. The van der Waals surface area contributed by atoms with Gasteiger partial charge in [0.25, 0.3) is 0 Å². The molecule has 3 rings (SSSR count). The number of ether oxygens (including phenoxy) is 1. The van der Waals surface area contributed by atoms with E-state index in [0.717, 1.165) is 6.42 Å². The molecular formula is C15H22O4. The fourth-order valence-corrected chi connectivity index (χ4v) is 4.38. The molecule has 1 heterocycles. The lowest BCUT2D eigenvalue weighted by molar-refractivity contribution is -0.146. The third kappa shape index (κ3) is 1.77. The topological polar surface area (TPSA) is 66.8 Å². The summed E-state index contributed by atoms with van der Waals surface area (Å²) in [7, 11) is 0. The van der Waals surface area contributed by atoms with Gasteiger partial charge in [-0.3, -0.25) is 4.79 Å². The van der Waals surface area contributed by atoms with Gasteiger partial charge in [0.2, 0.25) is 0 Å². The molecule has 2 N–H and O–H groups in total. The number of allylic oxidation sites excluding steroid dienone is 1. The van der Waals surface area contributed by atoms with E-state index in [1.807, 2.05) is 13.8 Å². The molecule has 0 aromatic rings. The van der Waals surface area contributed by atoms with E-state index in [-0.39, 0.29) is 35.7 Å². The highest BCUT2D eigenvalue weighted by Gasteiger charge is 2.58. The monoisotopic (exact) mass is 266 g/mol. The molecule has 2 aliphatic carbocycles. The van der Waals surface area contributed by atoms with E-state index in [0.29, 0.717) is 6.42 Å². The second-order valence-corrected chi connectivity index (χ2v) is 6.71. The van der Waals surface area contributed by atoms with E-state index in [9.17, 15) is 15.0 Å². The number of hydrogen-bond donors (Lipinski definition) is 2. The van der Waals surface area contributed by atoms with Crippen LogP contribution in [0.4, 0.5) is 0 Å². The van der Waals surface area contributed by atoms with Crippen molar-refractivity contribution in [3.05, 3.63) is 11.6 Å². The lowest BCUT2D eigenvalue weighted by Gasteiger charge is -2.34. The maximum absolute atomic E-state index is 11.8. The molecule has 2 fully saturated rings. The van der Waals surface area contributed by atoms with Crippen molar-refractivity contribution in [2.45, 2.75) is 51.4 Å². The number of rotatable bonds is 0. The smallest absolute Gasteiger partial charge is 0.309 e. The zero-order valence-corrected chi connectivity index (χ0v) is 11.7. The molecule has 19 heavy (non-hydrogen) atoms. The van der Waals surface area contributed by atoms with E-state index in [4.69, 9.17) is 4.74 Å². The highest BCUT2D eigenvalue weighted by Crippen LogP contribution is 2.52. The largest absolute Gasteiger partial charge is 0.461 e. The van der Waals surface area contributed by atoms with Crippen LogP contribution in [0.3, 0.4) is 0 Å². The second kappa shape index (κ2) is 4.06. The third-order valence-corrected chi connectivity index (χ3v) is 5.45. The Bertz CT molecular complexity index is 439. The van der Waals surface area contributed by atoms with Gasteiger partial charge in [0.15, 0.2) is 0 Å². The van der Waals surface area contributed by atoms with E-state index in [1.165, 1.54) is 5.57 Å². The molecule has 1 saturated heterocycles. The Morgan fingerprint density at radius 3 is 2.84 bits per heavy atom. The van der Waals surface area contributed by atoms with E-state index in [1.54, 1.807) is 6.92 Å². The van der Waals surface area contributed by atoms with E-state index < -0.39 is 11.7 Å². The van der Waals surface area contributed by atoms with Gasteiger partial charge in [-0.1, -0.05) is 18.6 Å². The lowest BCUT2D eigenvalue weighted by Crippen LogP contribution is -2.40. The maximum atomic E-state index is 11.8. The number of aliphatic hydroxyl groups is 2. The average Bonchev–Trinajstić information content (AvgIpc) is 2.78. The Balaban J connectivity index is 2.04. The van der Waals surface area contributed by atoms with Gasteiger partial charge in [0, 0.05) is 24.2 Å². The summed E-state index contributed by atoms with van der Waals surface area (Å²) in [5.41, 5.74) is 0.269. The van der Waals surface area contributed by atoms with E-state index in [2.05, 4.69) is 6.08 Å². The van der Waals surface area contributed by atoms with Gasteiger partial charge < -0.3 is 14.9 Å². The van der Waals surface area contributed by atoms with Crippen LogP contribution in [0, 0.1) is 23.7 Å². The summed E-state index contributed by atoms with van der Waals surface area (Å²) in [5, 5.41) is 21.1. The standard InChI is InChI=1S/C15H22O4/c1-7-4-5-9-11(7)13-12(8(2)14(17)19-13)10(16)6-15(9,3)18/h4,8-13,16,18H,5-6H2,1-3H3/t8-,9+,10-,11-,12-,13+,15+/m0/s1. The molecule has 0 amide bonds. The molecule has 0 radical (unpaired) electrons. The van der Waals surface area contributed by atoms with Crippen LogP contribution in [0.15, 0.2) is 11.6 Å². The average molecular weight is 266 g/mol. The second-order valence-electron chi connectivity index (χ2n) is 6.71. The Morgan fingerprint density at radius 2 is 2.16 bits per heavy atom. The van der Waals surface area contributed by atoms with Crippen LogP contribution in [0.25, 0.3) is 0 Å². The molecule has 0 unspecified atom stereocenters. The Kier molecular flexibility index (Phi) is 2.81. The van der Waals surface area contributed by atoms with Crippen molar-refractivity contribution in [1.82, 2.24) is 0 Å². The molecule has 0 bridgehead atoms. The van der Waals surface area contributed by atoms with Crippen LogP contribution >= 0.6 is 0 Å². The first kappa shape index (κ1) is 13.1. The first-order valence-corrected chi connectivity index (χ1v) is 7.10. The summed E-state index contributed by atoms with van der Waals surface area (Å²) >= 11 is 0. The quantitative estimate of drug-likeness (QED) is 0.512. The van der Waals surface area contributed by atoms with Crippen LogP contribution in [0.5, 0.6) is 0 Å². The first-order chi connectivity index (χ1) is 8.83. The summed E-state index contributed by atoms with van der Waals surface area (Å²) in [4.78, 5) is 11.8. The number of fused-ring (bicyclic) bond motifs is 3. The van der Waals surface area contributed by atoms with Gasteiger partial charge in [-0.2, -0.15) is 0 Å². The molecule has 0 spiro atoms. The molecule has 4 heteroatoms. The first-order valence-electron chi connectivity index (χ1n) is 7.10. The van der Waals surface area contributed by atoms with Gasteiger partial charge in [0.1, 0.15) is 6.10 Å². The molecule has 0 aromatic heterocycles. The summed E-state index contributed by atoms with van der Waals surface area (Å²) in [6.45, 7) is 5.65. The van der Waals surface area contributed by atoms with Crippen molar-refractivity contribution in [1.29, 1.82) is 0 Å². The van der Waals surface area contributed by atoms with Gasteiger partial charge in [-0.15, -0.1) is 0 Å². The number of carbonyl (C=O) groups is 1. The van der Waals surface area contributed by atoms with Crippen LogP contribution in [0.2, 0.25) is 0 Å². The molecular weight excluding hydrogens is 244 g/mol. The minimum Gasteiger partial charge on any atom is -0.461 e. The van der Waals surface area contributed by atoms with Crippen LogP contribution < -0.4 is 0 Å². The van der Waals surface area contributed by atoms with Crippen molar-refractivity contribution in [3.8, 4) is 0 Å². The van der Waals surface area contributed by atoms with Crippen LogP contribution in [-0.2, 0) is 9.53 Å². The van der Waals surface area contributed by atoms with Crippen molar-refractivity contribution in [2.75, 3.05) is 0 Å². The summed E-state index contributed by atoms with van der Waals surface area (Å²) in [6.07, 6.45) is 2.29. The summed E-state index contributed by atoms with van der Waals surface area (Å²) < 4.78 is 5.55. The number of hydrogen-bond acceptors (Lipinski definition) is 4. The maximum Gasteiger partial charge on any atom is 0.309 e. The third-order valence-electron chi connectivity index (χ3n) is 5.45. The zero-order chi connectivity index (χ0) is 13.9. The van der Waals surface area contributed by atoms with Crippen LogP contribution in [-0.4, -0.2) is 34.0 Å². The number of aliphatic hydroxyl groups excluding tert-OH is 1. The van der Waals surface area contributed by atoms with Crippen molar-refractivity contribution in [3.63, 3.8) is 0 Å². The molecule has 106 valence electrons. The normalized spacial score (nSPS) is 53.1. The molecule has 7 atom stereocenters. The van der Waals surface area contributed by atoms with Gasteiger partial charge >= 0.3 is 5.97 Å². The Hall–Kier alpha value is -0.870. The zero-order valence-electron chi connectivity index (χ0n) is 11.7.